The summed E-state index contributed by atoms with van der Waals surface area (Å²) in [5.41, 5.74) is 1.94. The van der Waals surface area contributed by atoms with Crippen molar-refractivity contribution in [1.29, 1.82) is 0 Å². The number of rotatable bonds is 7. The van der Waals surface area contributed by atoms with Gasteiger partial charge in [-0.3, -0.25) is 9.78 Å². The van der Waals surface area contributed by atoms with Gasteiger partial charge in [0, 0.05) is 43.4 Å². The Bertz CT molecular complexity index is 962. The third kappa shape index (κ3) is 3.92. The number of fused-ring (bicyclic) bond motifs is 1. The number of amides is 1. The zero-order chi connectivity index (χ0) is 19.5. The summed E-state index contributed by atoms with van der Waals surface area (Å²) in [6.45, 7) is 2.68. The molecule has 2 aromatic heterocycles. The average molecular weight is 378 g/mol. The molecular formula is C22H26N4O2. The lowest BCUT2D eigenvalue weighted by atomic mass is 9.75. The van der Waals surface area contributed by atoms with E-state index >= 15 is 0 Å². The standard InChI is InChI=1S/C22H26N4O2/c1-2-20-23-8-10-26(20)9-7-21(28)25-22(16-12-18(27)13-16)17-11-15-5-3-4-6-19(15)24-14-17/h3-6,8,10-11,14,16,18,22,27H,2,7,9,12-13H2,1H3,(H,25,28). The zero-order valence-electron chi connectivity index (χ0n) is 16.1. The smallest absolute Gasteiger partial charge is 0.222 e. The number of hydrogen-bond donors (Lipinski definition) is 2. The van der Waals surface area contributed by atoms with Gasteiger partial charge >= 0.3 is 0 Å². The molecule has 0 spiro atoms. The van der Waals surface area contributed by atoms with Crippen molar-refractivity contribution in [3.05, 3.63) is 60.3 Å². The van der Waals surface area contributed by atoms with Gasteiger partial charge in [-0.2, -0.15) is 0 Å². The largest absolute Gasteiger partial charge is 0.393 e. The normalized spacial score (nSPS) is 19.9. The lowest BCUT2D eigenvalue weighted by molar-refractivity contribution is -0.123. The molecule has 28 heavy (non-hydrogen) atoms. The molecule has 1 saturated carbocycles. The van der Waals surface area contributed by atoms with Crippen molar-refractivity contribution < 1.29 is 9.90 Å². The van der Waals surface area contributed by atoms with Crippen molar-refractivity contribution in [1.82, 2.24) is 19.9 Å². The Labute approximate surface area is 164 Å². The summed E-state index contributed by atoms with van der Waals surface area (Å²) in [6, 6.07) is 9.95. The number of aromatic nitrogens is 3. The number of aliphatic hydroxyl groups excluding tert-OH is 1. The van der Waals surface area contributed by atoms with Crippen molar-refractivity contribution in [2.45, 2.75) is 51.3 Å². The SMILES string of the molecule is CCc1nccn1CCC(=O)NC(c1cnc2ccccc2c1)C1CC(O)C1. The number of hydrogen-bond acceptors (Lipinski definition) is 4. The van der Waals surface area contributed by atoms with E-state index in [1.165, 1.54) is 0 Å². The molecule has 146 valence electrons. The molecule has 1 unspecified atom stereocenters. The molecule has 1 atom stereocenters. The Hall–Kier alpha value is -2.73. The highest BCUT2D eigenvalue weighted by Gasteiger charge is 2.35. The first-order valence-electron chi connectivity index (χ1n) is 9.96. The van der Waals surface area contributed by atoms with Crippen molar-refractivity contribution >= 4 is 16.8 Å². The molecule has 1 aromatic carbocycles. The molecule has 0 radical (unpaired) electrons. The minimum absolute atomic E-state index is 0.00954. The van der Waals surface area contributed by atoms with Crippen LogP contribution in [0.2, 0.25) is 0 Å². The quantitative estimate of drug-likeness (QED) is 0.662. The van der Waals surface area contributed by atoms with Gasteiger partial charge in [-0.1, -0.05) is 25.1 Å². The number of para-hydroxylation sites is 1. The lowest BCUT2D eigenvalue weighted by Gasteiger charge is -2.38. The van der Waals surface area contributed by atoms with E-state index in [1.807, 2.05) is 41.2 Å². The molecule has 1 aliphatic carbocycles. The van der Waals surface area contributed by atoms with Gasteiger partial charge in [0.2, 0.25) is 5.91 Å². The second kappa shape index (κ2) is 8.10. The number of aryl methyl sites for hydroxylation is 2. The number of carbonyl (C=O) groups excluding carboxylic acids is 1. The molecule has 6 nitrogen and oxygen atoms in total. The van der Waals surface area contributed by atoms with Gasteiger partial charge in [-0.05, 0) is 36.5 Å². The Balaban J connectivity index is 1.48. The van der Waals surface area contributed by atoms with Gasteiger partial charge in [0.1, 0.15) is 5.82 Å². The number of aliphatic hydroxyl groups is 1. The Morgan fingerprint density at radius 2 is 2.14 bits per heavy atom. The van der Waals surface area contributed by atoms with Gasteiger partial charge in [-0.15, -0.1) is 0 Å². The molecule has 1 aliphatic rings. The highest BCUT2D eigenvalue weighted by atomic mass is 16.3. The third-order valence-electron chi connectivity index (χ3n) is 5.61. The average Bonchev–Trinajstić information content (AvgIpc) is 3.15. The Morgan fingerprint density at radius 3 is 2.93 bits per heavy atom. The van der Waals surface area contributed by atoms with Crippen LogP contribution in [0.1, 0.15) is 43.6 Å². The van der Waals surface area contributed by atoms with Crippen LogP contribution in [0.3, 0.4) is 0 Å². The zero-order valence-corrected chi connectivity index (χ0v) is 16.1. The fourth-order valence-electron chi connectivity index (χ4n) is 3.96. The first kappa shape index (κ1) is 18.6. The van der Waals surface area contributed by atoms with Crippen molar-refractivity contribution in [3.8, 4) is 0 Å². The minimum atomic E-state index is -0.268. The fourth-order valence-corrected chi connectivity index (χ4v) is 3.96. The maximum Gasteiger partial charge on any atom is 0.222 e. The van der Waals surface area contributed by atoms with E-state index < -0.39 is 0 Å². The minimum Gasteiger partial charge on any atom is -0.393 e. The highest BCUT2D eigenvalue weighted by Crippen LogP contribution is 2.38. The van der Waals surface area contributed by atoms with Crippen LogP contribution in [0, 0.1) is 5.92 Å². The van der Waals surface area contributed by atoms with Gasteiger partial charge in [-0.25, -0.2) is 4.98 Å². The van der Waals surface area contributed by atoms with Crippen LogP contribution in [0.25, 0.3) is 10.9 Å². The maximum atomic E-state index is 12.7. The van der Waals surface area contributed by atoms with E-state index in [4.69, 9.17) is 0 Å². The van der Waals surface area contributed by atoms with E-state index in [-0.39, 0.29) is 24.0 Å². The van der Waals surface area contributed by atoms with Crippen molar-refractivity contribution in [2.75, 3.05) is 0 Å². The van der Waals surface area contributed by atoms with Crippen LogP contribution >= 0.6 is 0 Å². The van der Waals surface area contributed by atoms with Crippen LogP contribution in [-0.2, 0) is 17.8 Å². The Kier molecular flexibility index (Phi) is 5.39. The van der Waals surface area contributed by atoms with E-state index in [9.17, 15) is 9.90 Å². The molecule has 0 saturated heterocycles. The molecule has 6 heteroatoms. The van der Waals surface area contributed by atoms with Crippen LogP contribution in [0.15, 0.2) is 48.9 Å². The second-order valence-electron chi connectivity index (χ2n) is 7.53. The second-order valence-corrected chi connectivity index (χ2v) is 7.53. The first-order valence-corrected chi connectivity index (χ1v) is 9.96. The van der Waals surface area contributed by atoms with Crippen molar-refractivity contribution in [2.24, 2.45) is 5.92 Å². The van der Waals surface area contributed by atoms with E-state index in [1.54, 1.807) is 6.20 Å². The predicted octanol–water partition coefficient (Wildman–Crippen LogP) is 3.01. The number of carbonyl (C=O) groups is 1. The summed E-state index contributed by atoms with van der Waals surface area (Å²) in [5.74, 6) is 1.24. The van der Waals surface area contributed by atoms with Crippen molar-refractivity contribution in [3.63, 3.8) is 0 Å². The molecule has 0 bridgehead atoms. The predicted molar refractivity (Wildman–Crippen MR) is 108 cm³/mol. The third-order valence-corrected chi connectivity index (χ3v) is 5.61. The van der Waals surface area contributed by atoms with E-state index in [2.05, 4.69) is 28.3 Å². The van der Waals surface area contributed by atoms with Crippen LogP contribution in [-0.4, -0.2) is 31.7 Å². The van der Waals surface area contributed by atoms with Gasteiger partial charge in [0.15, 0.2) is 0 Å². The summed E-state index contributed by atoms with van der Waals surface area (Å²) in [5, 5.41) is 14.0. The molecular weight excluding hydrogens is 352 g/mol. The maximum absolute atomic E-state index is 12.7. The number of benzene rings is 1. The van der Waals surface area contributed by atoms with Gasteiger partial charge < -0.3 is 15.0 Å². The number of nitrogens with zero attached hydrogens (tertiary/aromatic N) is 3. The number of pyridine rings is 1. The molecule has 1 fully saturated rings. The van der Waals surface area contributed by atoms with Gasteiger partial charge in [0.05, 0.1) is 17.7 Å². The topological polar surface area (TPSA) is 80.0 Å². The lowest BCUT2D eigenvalue weighted by Crippen LogP contribution is -2.41. The summed E-state index contributed by atoms with van der Waals surface area (Å²) in [4.78, 5) is 21.5. The Morgan fingerprint density at radius 1 is 1.32 bits per heavy atom. The van der Waals surface area contributed by atoms with Crippen LogP contribution < -0.4 is 5.32 Å². The summed E-state index contributed by atoms with van der Waals surface area (Å²) in [6.07, 6.45) is 7.93. The van der Waals surface area contributed by atoms with E-state index in [0.29, 0.717) is 25.8 Å². The van der Waals surface area contributed by atoms with Crippen LogP contribution in [0.5, 0.6) is 0 Å². The molecule has 3 aromatic rings. The highest BCUT2D eigenvalue weighted by molar-refractivity contribution is 5.80. The summed E-state index contributed by atoms with van der Waals surface area (Å²) < 4.78 is 2.03. The summed E-state index contributed by atoms with van der Waals surface area (Å²) in [7, 11) is 0. The molecule has 1 amide bonds. The molecule has 0 aliphatic heterocycles. The fraction of sp³-hybridized carbons (Fsp3) is 0.409. The summed E-state index contributed by atoms with van der Waals surface area (Å²) >= 11 is 0. The molecule has 2 heterocycles. The molecule has 2 N–H and O–H groups in total. The van der Waals surface area contributed by atoms with Gasteiger partial charge in [0.25, 0.3) is 0 Å². The number of nitrogens with one attached hydrogen (secondary N) is 1. The van der Waals surface area contributed by atoms with Crippen LogP contribution in [0.4, 0.5) is 0 Å². The first-order chi connectivity index (χ1) is 13.6. The monoisotopic (exact) mass is 378 g/mol. The number of imidazole rings is 1. The molecule has 4 rings (SSSR count). The van der Waals surface area contributed by atoms with E-state index in [0.717, 1.165) is 28.7 Å².